The summed E-state index contributed by atoms with van der Waals surface area (Å²) in [5.74, 6) is -0.0541. The average molecular weight is 314 g/mol. The highest BCUT2D eigenvalue weighted by molar-refractivity contribution is 7.00. The molecule has 0 bridgehead atoms. The summed E-state index contributed by atoms with van der Waals surface area (Å²) in [6.07, 6.45) is 0.605. The summed E-state index contributed by atoms with van der Waals surface area (Å²) in [6, 6.07) is 11.4. The fourth-order valence-corrected chi connectivity index (χ4v) is 2.98. The van der Waals surface area contributed by atoms with Gasteiger partial charge in [-0.1, -0.05) is 18.2 Å². The first-order valence-electron chi connectivity index (χ1n) is 6.75. The zero-order valence-corrected chi connectivity index (χ0v) is 12.8. The molecule has 0 aliphatic heterocycles. The van der Waals surface area contributed by atoms with Crippen LogP contribution in [0.1, 0.15) is 16.7 Å². The second-order valence-corrected chi connectivity index (χ2v) is 5.46. The summed E-state index contributed by atoms with van der Waals surface area (Å²) in [7, 11) is 1.63. The van der Waals surface area contributed by atoms with E-state index in [1.807, 2.05) is 36.4 Å². The van der Waals surface area contributed by atoms with Crippen molar-refractivity contribution in [3.63, 3.8) is 0 Å². The summed E-state index contributed by atoms with van der Waals surface area (Å²) in [4.78, 5) is 11.1. The number of carboxylic acids is 1. The molecule has 0 saturated carbocycles. The minimum absolute atomic E-state index is 0.0149. The van der Waals surface area contributed by atoms with Crippen LogP contribution in [0.25, 0.3) is 11.0 Å². The molecule has 112 valence electrons. The van der Waals surface area contributed by atoms with E-state index < -0.39 is 5.97 Å². The van der Waals surface area contributed by atoms with E-state index in [2.05, 4.69) is 8.75 Å². The molecule has 0 amide bonds. The summed E-state index contributed by atoms with van der Waals surface area (Å²) < 4.78 is 13.7. The topological polar surface area (TPSA) is 72.3 Å². The third-order valence-electron chi connectivity index (χ3n) is 3.51. The van der Waals surface area contributed by atoms with E-state index in [9.17, 15) is 4.79 Å². The number of hydrogen-bond acceptors (Lipinski definition) is 5. The molecule has 0 aliphatic carbocycles. The Morgan fingerprint density at radius 3 is 2.64 bits per heavy atom. The highest BCUT2D eigenvalue weighted by Gasteiger charge is 2.14. The van der Waals surface area contributed by atoms with Crippen LogP contribution in [0.5, 0.6) is 5.75 Å². The van der Waals surface area contributed by atoms with Gasteiger partial charge in [0.2, 0.25) is 0 Å². The van der Waals surface area contributed by atoms with Crippen LogP contribution in [0, 0.1) is 0 Å². The van der Waals surface area contributed by atoms with Gasteiger partial charge >= 0.3 is 5.97 Å². The molecule has 1 aromatic heterocycles. The van der Waals surface area contributed by atoms with Crippen molar-refractivity contribution in [1.82, 2.24) is 8.75 Å². The fourth-order valence-electron chi connectivity index (χ4n) is 2.42. The van der Waals surface area contributed by atoms with Crippen LogP contribution in [-0.2, 0) is 17.6 Å². The van der Waals surface area contributed by atoms with Crippen molar-refractivity contribution in [2.45, 2.75) is 12.8 Å². The van der Waals surface area contributed by atoms with Gasteiger partial charge in [-0.2, -0.15) is 8.75 Å². The number of nitrogens with zero attached hydrogens (tertiary/aromatic N) is 2. The van der Waals surface area contributed by atoms with Crippen LogP contribution in [0.15, 0.2) is 36.4 Å². The van der Waals surface area contributed by atoms with Crippen LogP contribution >= 0.6 is 11.7 Å². The lowest BCUT2D eigenvalue weighted by molar-refractivity contribution is -0.136. The number of hydrogen-bond donors (Lipinski definition) is 1. The maximum Gasteiger partial charge on any atom is 0.307 e. The van der Waals surface area contributed by atoms with E-state index in [4.69, 9.17) is 9.84 Å². The molecule has 0 aliphatic rings. The average Bonchev–Trinajstić information content (AvgIpc) is 2.98. The monoisotopic (exact) mass is 314 g/mol. The van der Waals surface area contributed by atoms with Gasteiger partial charge < -0.3 is 9.84 Å². The quantitative estimate of drug-likeness (QED) is 0.784. The van der Waals surface area contributed by atoms with E-state index >= 15 is 0 Å². The minimum atomic E-state index is -0.849. The lowest BCUT2D eigenvalue weighted by Crippen LogP contribution is -2.05. The minimum Gasteiger partial charge on any atom is -0.497 e. The summed E-state index contributed by atoms with van der Waals surface area (Å²) >= 11 is 1.14. The smallest absolute Gasteiger partial charge is 0.307 e. The molecular formula is C16H14N2O3S. The first-order valence-corrected chi connectivity index (χ1v) is 7.48. The van der Waals surface area contributed by atoms with Gasteiger partial charge in [0.15, 0.2) is 0 Å². The number of carboxylic acid groups (broad SMARTS) is 1. The Bertz CT molecular complexity index is 812. The van der Waals surface area contributed by atoms with Gasteiger partial charge in [0, 0.05) is 0 Å². The van der Waals surface area contributed by atoms with E-state index in [0.29, 0.717) is 6.42 Å². The number of fused-ring (bicyclic) bond motifs is 1. The first-order chi connectivity index (χ1) is 10.7. The zero-order chi connectivity index (χ0) is 15.5. The van der Waals surface area contributed by atoms with Crippen molar-refractivity contribution in [2.75, 3.05) is 7.11 Å². The molecular weight excluding hydrogens is 300 g/mol. The van der Waals surface area contributed by atoms with Crippen molar-refractivity contribution in [3.05, 3.63) is 53.1 Å². The molecule has 3 aromatic rings. The van der Waals surface area contributed by atoms with Gasteiger partial charge in [-0.05, 0) is 41.3 Å². The van der Waals surface area contributed by atoms with Crippen LogP contribution < -0.4 is 4.74 Å². The summed E-state index contributed by atoms with van der Waals surface area (Å²) in [5.41, 5.74) is 4.39. The molecule has 0 fully saturated rings. The normalized spacial score (nSPS) is 10.8. The van der Waals surface area contributed by atoms with Crippen molar-refractivity contribution in [3.8, 4) is 5.75 Å². The Morgan fingerprint density at radius 1 is 1.18 bits per heavy atom. The third-order valence-corrected chi connectivity index (χ3v) is 4.05. The van der Waals surface area contributed by atoms with Crippen LogP contribution in [-0.4, -0.2) is 26.9 Å². The molecule has 0 spiro atoms. The summed E-state index contributed by atoms with van der Waals surface area (Å²) in [5, 5.41) is 9.10. The highest BCUT2D eigenvalue weighted by Crippen LogP contribution is 2.25. The Hall–Kier alpha value is -2.47. The Labute approximate surface area is 131 Å². The van der Waals surface area contributed by atoms with Crippen LogP contribution in [0.3, 0.4) is 0 Å². The molecule has 3 rings (SSSR count). The van der Waals surface area contributed by atoms with E-state index in [1.165, 1.54) is 0 Å². The molecule has 6 heteroatoms. The van der Waals surface area contributed by atoms with Gasteiger partial charge in [0.1, 0.15) is 16.8 Å². The third kappa shape index (κ3) is 2.92. The number of carbonyl (C=O) groups is 1. The zero-order valence-electron chi connectivity index (χ0n) is 11.9. The maximum absolute atomic E-state index is 11.1. The van der Waals surface area contributed by atoms with Gasteiger partial charge in [-0.25, -0.2) is 0 Å². The lowest BCUT2D eigenvalue weighted by atomic mass is 9.96. The lowest BCUT2D eigenvalue weighted by Gasteiger charge is -2.09. The second-order valence-electron chi connectivity index (χ2n) is 4.93. The molecule has 1 N–H and O–H groups in total. The largest absolute Gasteiger partial charge is 0.497 e. The number of aromatic nitrogens is 2. The van der Waals surface area contributed by atoms with Crippen molar-refractivity contribution in [1.29, 1.82) is 0 Å². The van der Waals surface area contributed by atoms with Crippen LogP contribution in [0.4, 0.5) is 0 Å². The Balaban J connectivity index is 2.02. The Morgan fingerprint density at radius 2 is 1.95 bits per heavy atom. The predicted molar refractivity (Wildman–Crippen MR) is 84.6 cm³/mol. The maximum atomic E-state index is 11.1. The number of methoxy groups -OCH3 is 1. The molecule has 1 heterocycles. The van der Waals surface area contributed by atoms with E-state index in [1.54, 1.807) is 7.11 Å². The van der Waals surface area contributed by atoms with Gasteiger partial charge in [0.25, 0.3) is 0 Å². The first kappa shape index (κ1) is 14.5. The molecule has 0 radical (unpaired) electrons. The Kier molecular flexibility index (Phi) is 4.02. The van der Waals surface area contributed by atoms with Crippen molar-refractivity contribution < 1.29 is 14.6 Å². The molecule has 5 nitrogen and oxygen atoms in total. The molecule has 2 aromatic carbocycles. The highest BCUT2D eigenvalue weighted by atomic mass is 32.1. The molecule has 0 saturated heterocycles. The van der Waals surface area contributed by atoms with Crippen molar-refractivity contribution >= 4 is 28.7 Å². The number of benzene rings is 2. The number of ether oxygens (including phenoxy) is 1. The summed E-state index contributed by atoms with van der Waals surface area (Å²) in [6.45, 7) is 0. The van der Waals surface area contributed by atoms with Crippen molar-refractivity contribution in [2.24, 2.45) is 0 Å². The standard InChI is InChI=1S/C16H14N2O3S/c1-21-12-5-2-10(3-6-12)8-13-11(9-15(19)20)4-7-14-16(13)18-22-17-14/h2-7H,8-9H2,1H3,(H,19,20). The van der Waals surface area contributed by atoms with E-state index in [-0.39, 0.29) is 6.42 Å². The number of rotatable bonds is 5. The van der Waals surface area contributed by atoms with Gasteiger partial charge in [-0.15, -0.1) is 0 Å². The second kappa shape index (κ2) is 6.11. The number of aliphatic carboxylic acids is 1. The molecule has 0 atom stereocenters. The predicted octanol–water partition coefficient (Wildman–Crippen LogP) is 2.92. The molecule has 22 heavy (non-hydrogen) atoms. The van der Waals surface area contributed by atoms with Gasteiger partial charge in [0.05, 0.1) is 25.3 Å². The van der Waals surface area contributed by atoms with Gasteiger partial charge in [-0.3, -0.25) is 4.79 Å². The molecule has 0 unspecified atom stereocenters. The SMILES string of the molecule is COc1ccc(Cc2c(CC(=O)O)ccc3nsnc23)cc1. The van der Waals surface area contributed by atoms with E-state index in [0.717, 1.165) is 45.2 Å². The van der Waals surface area contributed by atoms with Crippen LogP contribution in [0.2, 0.25) is 0 Å². The fraction of sp³-hybridized carbons (Fsp3) is 0.188.